The van der Waals surface area contributed by atoms with E-state index in [9.17, 15) is 13.2 Å². The number of ether oxygens (including phenoxy) is 2. The summed E-state index contributed by atoms with van der Waals surface area (Å²) in [6, 6.07) is 5.44. The highest BCUT2D eigenvalue weighted by Gasteiger charge is 2.32. The summed E-state index contributed by atoms with van der Waals surface area (Å²) in [7, 11) is 1.78. The number of amides is 1. The van der Waals surface area contributed by atoms with Crippen LogP contribution in [0.4, 0.5) is 4.79 Å². The summed E-state index contributed by atoms with van der Waals surface area (Å²) in [5.41, 5.74) is 0.726. The molecule has 0 atom stereocenters. The van der Waals surface area contributed by atoms with E-state index in [1.54, 1.807) is 39.0 Å². The Labute approximate surface area is 206 Å². The van der Waals surface area contributed by atoms with E-state index < -0.39 is 21.7 Å². The number of aromatic nitrogens is 1. The average molecular weight is 511 g/mol. The summed E-state index contributed by atoms with van der Waals surface area (Å²) in [6.45, 7) is 6.56. The van der Waals surface area contributed by atoms with Gasteiger partial charge in [0, 0.05) is 30.1 Å². The number of methoxy groups -OCH3 is 1. The van der Waals surface area contributed by atoms with Gasteiger partial charge in [0.2, 0.25) is 10.0 Å². The molecule has 1 saturated heterocycles. The maximum absolute atomic E-state index is 13.5. The van der Waals surface area contributed by atoms with Crippen LogP contribution in [-0.2, 0) is 21.3 Å². The number of carbonyl (C=O) groups excluding carboxylic acids is 1. The van der Waals surface area contributed by atoms with Crippen LogP contribution in [0.25, 0.3) is 11.3 Å². The quantitative estimate of drug-likeness (QED) is 0.608. The van der Waals surface area contributed by atoms with E-state index in [0.29, 0.717) is 41.1 Å². The Bertz CT molecular complexity index is 1100. The van der Waals surface area contributed by atoms with Crippen molar-refractivity contribution in [3.05, 3.63) is 28.6 Å². The average Bonchev–Trinajstić information content (AvgIpc) is 3.25. The number of hydrogen-bond donors (Lipinski definition) is 1. The number of carbonyl (C=O) groups is 1. The van der Waals surface area contributed by atoms with Gasteiger partial charge in [0.05, 0.1) is 19.3 Å². The van der Waals surface area contributed by atoms with E-state index >= 15 is 0 Å². The molecular weight excluding hydrogens is 476 g/mol. The first-order valence-electron chi connectivity index (χ1n) is 11.2. The van der Waals surface area contributed by atoms with E-state index in [1.807, 2.05) is 19.5 Å². The molecule has 3 rings (SSSR count). The number of nitrogens with zero attached hydrogens (tertiary/aromatic N) is 3. The minimum Gasteiger partial charge on any atom is -0.495 e. The van der Waals surface area contributed by atoms with Gasteiger partial charge in [-0.15, -0.1) is 11.3 Å². The molecule has 1 N–H and O–H groups in total. The van der Waals surface area contributed by atoms with Crippen LogP contribution in [-0.4, -0.2) is 74.6 Å². The zero-order valence-electron chi connectivity index (χ0n) is 20.6. The molecular formula is C23H34N4O5S2. The van der Waals surface area contributed by atoms with Crippen LogP contribution in [0.5, 0.6) is 5.75 Å². The number of alkyl carbamates (subject to hydrolysis) is 1. The molecule has 1 aromatic heterocycles. The lowest BCUT2D eigenvalue weighted by Crippen LogP contribution is -2.44. The smallest absolute Gasteiger partial charge is 0.408 e. The lowest BCUT2D eigenvalue weighted by Gasteiger charge is -2.34. The van der Waals surface area contributed by atoms with Crippen molar-refractivity contribution < 1.29 is 22.7 Å². The van der Waals surface area contributed by atoms with Crippen LogP contribution in [0.1, 0.15) is 38.6 Å². The number of piperidine rings is 1. The lowest BCUT2D eigenvalue weighted by atomic mass is 10.1. The fraction of sp³-hybridized carbons (Fsp3) is 0.565. The number of thiazole rings is 1. The molecule has 1 aliphatic heterocycles. The van der Waals surface area contributed by atoms with Gasteiger partial charge in [0.1, 0.15) is 21.3 Å². The molecule has 34 heavy (non-hydrogen) atoms. The van der Waals surface area contributed by atoms with E-state index in [-0.39, 0.29) is 11.4 Å². The van der Waals surface area contributed by atoms with Gasteiger partial charge in [-0.2, -0.15) is 4.31 Å². The van der Waals surface area contributed by atoms with Crippen molar-refractivity contribution in [1.29, 1.82) is 0 Å². The Kier molecular flexibility index (Phi) is 8.22. The number of hydrogen-bond acceptors (Lipinski definition) is 8. The van der Waals surface area contributed by atoms with E-state index in [4.69, 9.17) is 9.47 Å². The Morgan fingerprint density at radius 1 is 1.26 bits per heavy atom. The highest BCUT2D eigenvalue weighted by atomic mass is 32.2. The SMILES string of the molecule is COc1ccc(-c2csc(CNC(=O)OC(C)(C)C)n2)cc1S(=O)(=O)N1CCC(N(C)C)CC1. The lowest BCUT2D eigenvalue weighted by molar-refractivity contribution is 0.0523. The zero-order chi connectivity index (χ0) is 25.1. The molecule has 0 radical (unpaired) electrons. The van der Waals surface area contributed by atoms with Gasteiger partial charge in [-0.25, -0.2) is 18.2 Å². The predicted molar refractivity (Wildman–Crippen MR) is 133 cm³/mol. The third kappa shape index (κ3) is 6.47. The van der Waals surface area contributed by atoms with Crippen LogP contribution in [0.15, 0.2) is 28.5 Å². The number of rotatable bonds is 7. The Morgan fingerprint density at radius 3 is 2.53 bits per heavy atom. The molecule has 1 fully saturated rings. The van der Waals surface area contributed by atoms with Crippen LogP contribution >= 0.6 is 11.3 Å². The highest BCUT2D eigenvalue weighted by Crippen LogP contribution is 2.33. The van der Waals surface area contributed by atoms with Crippen LogP contribution < -0.4 is 10.1 Å². The van der Waals surface area contributed by atoms with Gasteiger partial charge in [-0.05, 0) is 65.9 Å². The summed E-state index contributed by atoms with van der Waals surface area (Å²) in [5, 5.41) is 5.22. The monoisotopic (exact) mass is 510 g/mol. The molecule has 188 valence electrons. The Morgan fingerprint density at radius 2 is 1.94 bits per heavy atom. The topological polar surface area (TPSA) is 101 Å². The molecule has 1 aromatic carbocycles. The van der Waals surface area contributed by atoms with Crippen molar-refractivity contribution in [3.8, 4) is 17.0 Å². The molecule has 1 amide bonds. The number of benzene rings is 1. The molecule has 11 heteroatoms. The molecule has 0 bridgehead atoms. The molecule has 0 spiro atoms. The first-order chi connectivity index (χ1) is 15.9. The minimum atomic E-state index is -3.72. The normalized spacial score (nSPS) is 16.0. The summed E-state index contributed by atoms with van der Waals surface area (Å²) in [6.07, 6.45) is 1.06. The van der Waals surface area contributed by atoms with Gasteiger partial charge in [0.25, 0.3) is 0 Å². The molecule has 0 aliphatic carbocycles. The molecule has 0 unspecified atom stereocenters. The molecule has 2 aromatic rings. The van der Waals surface area contributed by atoms with Crippen molar-refractivity contribution in [2.45, 2.75) is 56.7 Å². The molecule has 1 aliphatic rings. The summed E-state index contributed by atoms with van der Waals surface area (Å²) in [4.78, 5) is 18.7. The Balaban J connectivity index is 1.78. The van der Waals surface area contributed by atoms with Gasteiger partial charge < -0.3 is 19.7 Å². The second-order valence-corrected chi connectivity index (χ2v) is 12.3. The summed E-state index contributed by atoms with van der Waals surface area (Å²) >= 11 is 1.38. The standard InChI is InChI=1S/C23H34N4O5S2/c1-23(2,3)32-22(28)24-14-21-25-18(15-33-21)16-7-8-19(31-6)20(13-16)34(29,30)27-11-9-17(10-12-27)26(4)5/h7-8,13,15,17H,9-12,14H2,1-6H3,(H,24,28). The largest absolute Gasteiger partial charge is 0.495 e. The first-order valence-corrected chi connectivity index (χ1v) is 13.5. The summed E-state index contributed by atoms with van der Waals surface area (Å²) < 4.78 is 39.1. The zero-order valence-corrected chi connectivity index (χ0v) is 22.3. The van der Waals surface area contributed by atoms with E-state index in [1.165, 1.54) is 22.8 Å². The molecule has 9 nitrogen and oxygen atoms in total. The van der Waals surface area contributed by atoms with Gasteiger partial charge in [0.15, 0.2) is 0 Å². The Hall–Kier alpha value is -2.21. The molecule has 0 saturated carbocycles. The van der Waals surface area contributed by atoms with Crippen molar-refractivity contribution in [1.82, 2.24) is 19.5 Å². The van der Waals surface area contributed by atoms with Gasteiger partial charge in [-0.3, -0.25) is 0 Å². The van der Waals surface area contributed by atoms with Gasteiger partial charge >= 0.3 is 6.09 Å². The van der Waals surface area contributed by atoms with Crippen LogP contribution in [0.3, 0.4) is 0 Å². The van der Waals surface area contributed by atoms with Crippen molar-refractivity contribution in [3.63, 3.8) is 0 Å². The summed E-state index contributed by atoms with van der Waals surface area (Å²) in [5.74, 6) is 0.306. The van der Waals surface area contributed by atoms with Crippen molar-refractivity contribution in [2.24, 2.45) is 0 Å². The van der Waals surface area contributed by atoms with Crippen LogP contribution in [0, 0.1) is 0 Å². The third-order valence-electron chi connectivity index (χ3n) is 5.57. The van der Waals surface area contributed by atoms with E-state index in [0.717, 1.165) is 12.8 Å². The predicted octanol–water partition coefficient (Wildman–Crippen LogP) is 3.56. The highest BCUT2D eigenvalue weighted by molar-refractivity contribution is 7.89. The first kappa shape index (κ1) is 26.4. The molecule has 2 heterocycles. The van der Waals surface area contributed by atoms with E-state index in [2.05, 4.69) is 15.2 Å². The third-order valence-corrected chi connectivity index (χ3v) is 8.33. The van der Waals surface area contributed by atoms with Crippen molar-refractivity contribution >= 4 is 27.5 Å². The minimum absolute atomic E-state index is 0.136. The van der Waals surface area contributed by atoms with Crippen molar-refractivity contribution in [2.75, 3.05) is 34.3 Å². The van der Waals surface area contributed by atoms with Gasteiger partial charge in [-0.1, -0.05) is 0 Å². The van der Waals surface area contributed by atoms with Crippen LogP contribution in [0.2, 0.25) is 0 Å². The number of sulfonamides is 1. The fourth-order valence-corrected chi connectivity index (χ4v) is 6.16. The second kappa shape index (κ2) is 10.6. The fourth-order valence-electron chi connectivity index (χ4n) is 3.76. The number of nitrogens with one attached hydrogen (secondary N) is 1. The second-order valence-electron chi connectivity index (χ2n) is 9.45. The maximum Gasteiger partial charge on any atom is 0.408 e. The maximum atomic E-state index is 13.5.